The lowest BCUT2D eigenvalue weighted by Gasteiger charge is -2.08. The number of urea groups is 1. The molecule has 2 amide bonds. The van der Waals surface area contributed by atoms with E-state index in [0.717, 1.165) is 0 Å². The van der Waals surface area contributed by atoms with E-state index in [1.807, 2.05) is 0 Å². The number of fused-ring (bicyclic) bond motifs is 1. The summed E-state index contributed by atoms with van der Waals surface area (Å²) in [7, 11) is 0. The summed E-state index contributed by atoms with van der Waals surface area (Å²) in [5.74, 6) is 0.586. The largest absolute Gasteiger partial charge is 0.441 e. The number of rotatable bonds is 2. The van der Waals surface area contributed by atoms with E-state index in [4.69, 9.17) is 16.0 Å². The van der Waals surface area contributed by atoms with Gasteiger partial charge in [-0.1, -0.05) is 23.7 Å². The van der Waals surface area contributed by atoms with Crippen molar-refractivity contribution < 1.29 is 9.21 Å². The highest BCUT2D eigenvalue weighted by molar-refractivity contribution is 6.33. The minimum Gasteiger partial charge on any atom is -0.441 e. The third-order valence-corrected chi connectivity index (χ3v) is 3.20. The van der Waals surface area contributed by atoms with Gasteiger partial charge in [-0.05, 0) is 30.3 Å². The van der Waals surface area contributed by atoms with Crippen molar-refractivity contribution in [1.82, 2.24) is 4.98 Å². The Balaban J connectivity index is 1.75. The first-order chi connectivity index (χ1) is 10.1. The normalized spacial score (nSPS) is 10.6. The van der Waals surface area contributed by atoms with E-state index >= 15 is 0 Å². The van der Waals surface area contributed by atoms with Crippen molar-refractivity contribution in [2.45, 2.75) is 6.92 Å². The van der Waals surface area contributed by atoms with E-state index in [1.54, 1.807) is 49.4 Å². The maximum Gasteiger partial charge on any atom is 0.323 e. The fraction of sp³-hybridized carbons (Fsp3) is 0.0667. The molecule has 1 heterocycles. The molecule has 0 aliphatic heterocycles. The maximum atomic E-state index is 12.0. The number of nitrogens with one attached hydrogen (secondary N) is 2. The number of aryl methyl sites for hydroxylation is 1. The lowest BCUT2D eigenvalue weighted by atomic mass is 10.3. The van der Waals surface area contributed by atoms with Crippen molar-refractivity contribution in [1.29, 1.82) is 0 Å². The lowest BCUT2D eigenvalue weighted by Crippen LogP contribution is -2.19. The van der Waals surface area contributed by atoms with Crippen LogP contribution in [-0.4, -0.2) is 11.0 Å². The Morgan fingerprint density at radius 2 is 2.00 bits per heavy atom. The van der Waals surface area contributed by atoms with Gasteiger partial charge >= 0.3 is 6.03 Å². The molecule has 0 atom stereocenters. The Bertz CT molecular complexity index is 814. The van der Waals surface area contributed by atoms with Crippen molar-refractivity contribution in [2.24, 2.45) is 0 Å². The molecule has 0 unspecified atom stereocenters. The Kier molecular flexibility index (Phi) is 3.50. The number of aromatic nitrogens is 1. The second kappa shape index (κ2) is 5.46. The smallest absolute Gasteiger partial charge is 0.323 e. The standard InChI is InChI=1S/C15H12ClN3O2/c1-9-17-13-8-10(6-7-14(13)21-9)18-15(20)19-12-5-3-2-4-11(12)16/h2-8H,1H3,(H2,18,19,20). The molecule has 5 nitrogen and oxygen atoms in total. The summed E-state index contributed by atoms with van der Waals surface area (Å²) in [6.07, 6.45) is 0. The SMILES string of the molecule is Cc1nc2cc(NC(=O)Nc3ccccc3Cl)ccc2o1. The molecular weight excluding hydrogens is 290 g/mol. The summed E-state index contributed by atoms with van der Waals surface area (Å²) in [6, 6.07) is 11.9. The molecule has 6 heteroatoms. The summed E-state index contributed by atoms with van der Waals surface area (Å²) in [6.45, 7) is 1.78. The third-order valence-electron chi connectivity index (χ3n) is 2.87. The van der Waals surface area contributed by atoms with Gasteiger partial charge in [0.05, 0.1) is 10.7 Å². The number of anilines is 2. The summed E-state index contributed by atoms with van der Waals surface area (Å²) >= 11 is 5.99. The lowest BCUT2D eigenvalue weighted by molar-refractivity contribution is 0.262. The molecule has 0 spiro atoms. The van der Waals surface area contributed by atoms with E-state index in [2.05, 4.69) is 15.6 Å². The Hall–Kier alpha value is -2.53. The number of hydrogen-bond acceptors (Lipinski definition) is 3. The highest BCUT2D eigenvalue weighted by atomic mass is 35.5. The molecule has 106 valence electrons. The van der Waals surface area contributed by atoms with Crippen LogP contribution in [0.2, 0.25) is 5.02 Å². The highest BCUT2D eigenvalue weighted by Crippen LogP contribution is 2.22. The van der Waals surface area contributed by atoms with Gasteiger partial charge in [0.25, 0.3) is 0 Å². The molecule has 0 radical (unpaired) electrons. The second-order valence-electron chi connectivity index (χ2n) is 4.47. The molecule has 0 aliphatic rings. The monoisotopic (exact) mass is 301 g/mol. The average molecular weight is 302 g/mol. The zero-order chi connectivity index (χ0) is 14.8. The van der Waals surface area contributed by atoms with Crippen LogP contribution >= 0.6 is 11.6 Å². The van der Waals surface area contributed by atoms with Gasteiger partial charge in [-0.25, -0.2) is 9.78 Å². The molecule has 0 bridgehead atoms. The van der Waals surface area contributed by atoms with Gasteiger partial charge in [0.15, 0.2) is 11.5 Å². The number of para-hydroxylation sites is 1. The Morgan fingerprint density at radius 3 is 2.81 bits per heavy atom. The first-order valence-electron chi connectivity index (χ1n) is 6.31. The van der Waals surface area contributed by atoms with Gasteiger partial charge in [0.1, 0.15) is 5.52 Å². The number of hydrogen-bond donors (Lipinski definition) is 2. The van der Waals surface area contributed by atoms with Gasteiger partial charge in [0, 0.05) is 12.6 Å². The van der Waals surface area contributed by atoms with Crippen LogP contribution in [-0.2, 0) is 0 Å². The van der Waals surface area contributed by atoms with E-state index < -0.39 is 0 Å². The van der Waals surface area contributed by atoms with Crippen LogP contribution in [0.4, 0.5) is 16.2 Å². The van der Waals surface area contributed by atoms with Crippen LogP contribution in [0.15, 0.2) is 46.9 Å². The van der Waals surface area contributed by atoms with E-state index in [0.29, 0.717) is 33.4 Å². The van der Waals surface area contributed by atoms with E-state index in [1.165, 1.54) is 0 Å². The van der Waals surface area contributed by atoms with E-state index in [-0.39, 0.29) is 6.03 Å². The molecule has 0 aliphatic carbocycles. The van der Waals surface area contributed by atoms with Crippen molar-refractivity contribution in [2.75, 3.05) is 10.6 Å². The van der Waals surface area contributed by atoms with Crippen LogP contribution < -0.4 is 10.6 Å². The number of amides is 2. The highest BCUT2D eigenvalue weighted by Gasteiger charge is 2.07. The molecule has 2 aromatic carbocycles. The summed E-state index contributed by atoms with van der Waals surface area (Å²) in [4.78, 5) is 16.2. The zero-order valence-electron chi connectivity index (χ0n) is 11.2. The maximum absolute atomic E-state index is 12.0. The van der Waals surface area contributed by atoms with Gasteiger partial charge in [-0.2, -0.15) is 0 Å². The van der Waals surface area contributed by atoms with Crippen LogP contribution in [0.1, 0.15) is 5.89 Å². The van der Waals surface area contributed by atoms with Crippen molar-refractivity contribution in [3.63, 3.8) is 0 Å². The number of halogens is 1. The molecule has 3 aromatic rings. The average Bonchev–Trinajstić information content (AvgIpc) is 2.80. The molecule has 1 aromatic heterocycles. The fourth-order valence-corrected chi connectivity index (χ4v) is 2.15. The quantitative estimate of drug-likeness (QED) is 0.735. The van der Waals surface area contributed by atoms with Crippen LogP contribution in [0.25, 0.3) is 11.1 Å². The molecule has 0 saturated heterocycles. The van der Waals surface area contributed by atoms with Crippen molar-refractivity contribution in [3.05, 3.63) is 53.4 Å². The molecule has 3 rings (SSSR count). The summed E-state index contributed by atoms with van der Waals surface area (Å²) < 4.78 is 5.38. The number of carbonyl (C=O) groups is 1. The van der Waals surface area contributed by atoms with Gasteiger partial charge in [0.2, 0.25) is 0 Å². The molecule has 2 N–H and O–H groups in total. The van der Waals surface area contributed by atoms with Crippen molar-refractivity contribution in [3.8, 4) is 0 Å². The zero-order valence-corrected chi connectivity index (χ0v) is 11.9. The predicted octanol–water partition coefficient (Wildman–Crippen LogP) is 4.43. The third kappa shape index (κ3) is 2.98. The number of carbonyl (C=O) groups excluding carboxylic acids is 1. The van der Waals surface area contributed by atoms with Gasteiger partial charge in [-0.3, -0.25) is 0 Å². The number of nitrogens with zero attached hydrogens (tertiary/aromatic N) is 1. The minimum absolute atomic E-state index is 0.373. The van der Waals surface area contributed by atoms with Crippen LogP contribution in [0.5, 0.6) is 0 Å². The minimum atomic E-state index is -0.373. The van der Waals surface area contributed by atoms with Crippen LogP contribution in [0, 0.1) is 6.92 Å². The van der Waals surface area contributed by atoms with E-state index in [9.17, 15) is 4.79 Å². The number of benzene rings is 2. The second-order valence-corrected chi connectivity index (χ2v) is 4.88. The fourth-order valence-electron chi connectivity index (χ4n) is 1.97. The van der Waals surface area contributed by atoms with Gasteiger partial charge in [-0.15, -0.1) is 0 Å². The first kappa shape index (κ1) is 13.5. The molecule has 0 fully saturated rings. The summed E-state index contributed by atoms with van der Waals surface area (Å²) in [5, 5.41) is 5.90. The summed E-state index contributed by atoms with van der Waals surface area (Å²) in [5.41, 5.74) is 2.56. The number of oxazole rings is 1. The molecule has 0 saturated carbocycles. The predicted molar refractivity (Wildman–Crippen MR) is 82.8 cm³/mol. The van der Waals surface area contributed by atoms with Crippen molar-refractivity contribution >= 4 is 40.1 Å². The topological polar surface area (TPSA) is 67.2 Å². The first-order valence-corrected chi connectivity index (χ1v) is 6.69. The molecule has 21 heavy (non-hydrogen) atoms. The Labute approximate surface area is 125 Å². The Morgan fingerprint density at radius 1 is 1.19 bits per heavy atom. The molecular formula is C15H12ClN3O2. The van der Waals surface area contributed by atoms with Crippen LogP contribution in [0.3, 0.4) is 0 Å². The van der Waals surface area contributed by atoms with Gasteiger partial charge < -0.3 is 15.1 Å².